The van der Waals surface area contributed by atoms with Crippen molar-refractivity contribution in [3.05, 3.63) is 70.8 Å². The number of aliphatic hydroxyl groups excluding tert-OH is 2. The van der Waals surface area contributed by atoms with Crippen molar-refractivity contribution >= 4 is 17.0 Å². The maximum Gasteiger partial charge on any atom is 0.166 e. The largest absolute Gasteiger partial charge is 0.504 e. The summed E-state index contributed by atoms with van der Waals surface area (Å²) in [6.45, 7) is 3.81. The van der Waals surface area contributed by atoms with E-state index < -0.39 is 12.2 Å². The highest BCUT2D eigenvalue weighted by Gasteiger charge is 2.53. The van der Waals surface area contributed by atoms with Crippen molar-refractivity contribution in [1.29, 1.82) is 0 Å². The molecule has 0 unspecified atom stereocenters. The first-order valence-electron chi connectivity index (χ1n) is 14.7. The predicted molar refractivity (Wildman–Crippen MR) is 165 cm³/mol. The average molecular weight is 642 g/mol. The standard InChI is InChI=1S/C17H21NO3.C16H19NO3.BrH/c1-18-8-7-17-6-5-12(19)9-14(17)21-16-13(20-2)4-3-11(10-18)15(16)17;1-17-7-6-16-5-4-11(18)8-13(16)20-15-12(19)3-2-10(9-17)14(15)16;/h3-6,12,14,19H,7-10H2,1-2H3;2-5,11,13,18-19H,6-9H2,1H3;1H/t12-,14-,17-;11-,13-,16-;/m00./s1. The van der Waals surface area contributed by atoms with Crippen LogP contribution in [0.1, 0.15) is 47.9 Å². The molecule has 6 aliphatic rings. The summed E-state index contributed by atoms with van der Waals surface area (Å²) in [5.74, 6) is 2.52. The molecule has 2 aliphatic carbocycles. The van der Waals surface area contributed by atoms with Crippen LogP contribution in [0.4, 0.5) is 0 Å². The van der Waals surface area contributed by atoms with Gasteiger partial charge in [-0.05, 0) is 63.3 Å². The molecule has 0 saturated heterocycles. The highest BCUT2D eigenvalue weighted by molar-refractivity contribution is 8.93. The molecular weight excluding hydrogens is 600 g/mol. The molecule has 2 aromatic carbocycles. The molecular formula is C33H41BrN2O6. The second-order valence-electron chi connectivity index (χ2n) is 12.7. The molecule has 0 radical (unpaired) electrons. The first kappa shape index (κ1) is 29.5. The molecule has 0 bridgehead atoms. The van der Waals surface area contributed by atoms with Gasteiger partial charge >= 0.3 is 0 Å². The zero-order chi connectivity index (χ0) is 28.5. The number of methoxy groups -OCH3 is 1. The van der Waals surface area contributed by atoms with Crippen LogP contribution in [-0.4, -0.2) is 83.8 Å². The summed E-state index contributed by atoms with van der Waals surface area (Å²) in [6, 6.07) is 7.88. The van der Waals surface area contributed by atoms with E-state index in [0.717, 1.165) is 56.1 Å². The Morgan fingerprint density at radius 2 is 1.29 bits per heavy atom. The van der Waals surface area contributed by atoms with Gasteiger partial charge in [-0.2, -0.15) is 0 Å². The third kappa shape index (κ3) is 4.47. The number of phenolic OH excluding ortho intramolecular Hbond substituents is 1. The van der Waals surface area contributed by atoms with Crippen molar-refractivity contribution in [2.45, 2.75) is 74.0 Å². The van der Waals surface area contributed by atoms with Crippen LogP contribution < -0.4 is 14.2 Å². The fourth-order valence-electron chi connectivity index (χ4n) is 8.00. The van der Waals surface area contributed by atoms with Gasteiger partial charge in [0, 0.05) is 37.1 Å². The Labute approximate surface area is 257 Å². The van der Waals surface area contributed by atoms with Crippen LogP contribution in [0.5, 0.6) is 23.0 Å². The van der Waals surface area contributed by atoms with Gasteiger partial charge in [0.1, 0.15) is 12.2 Å². The molecule has 0 fully saturated rings. The van der Waals surface area contributed by atoms with E-state index in [1.807, 2.05) is 24.3 Å². The molecule has 0 saturated carbocycles. The first-order valence-corrected chi connectivity index (χ1v) is 14.7. The lowest BCUT2D eigenvalue weighted by molar-refractivity contribution is 0.0819. The van der Waals surface area contributed by atoms with Gasteiger partial charge in [-0.3, -0.25) is 0 Å². The number of phenols is 1. The summed E-state index contributed by atoms with van der Waals surface area (Å²) < 4.78 is 17.8. The first-order chi connectivity index (χ1) is 19.7. The second kappa shape index (κ2) is 10.9. The van der Waals surface area contributed by atoms with Crippen LogP contribution in [0.15, 0.2) is 48.6 Å². The lowest BCUT2D eigenvalue weighted by Crippen LogP contribution is -2.42. The van der Waals surface area contributed by atoms with Crippen LogP contribution in [-0.2, 0) is 23.9 Å². The molecule has 2 spiro atoms. The quantitative estimate of drug-likeness (QED) is 0.403. The van der Waals surface area contributed by atoms with Crippen LogP contribution in [0.2, 0.25) is 0 Å². The topological polar surface area (TPSA) is 94.9 Å². The summed E-state index contributed by atoms with van der Waals surface area (Å²) in [6.07, 6.45) is 10.4. The summed E-state index contributed by atoms with van der Waals surface area (Å²) in [5.41, 5.74) is 4.65. The highest BCUT2D eigenvalue weighted by Crippen LogP contribution is 2.56. The summed E-state index contributed by atoms with van der Waals surface area (Å²) in [4.78, 5) is 4.65. The van der Waals surface area contributed by atoms with Crippen LogP contribution in [0, 0.1) is 0 Å². The molecule has 226 valence electrons. The van der Waals surface area contributed by atoms with E-state index in [1.165, 1.54) is 16.7 Å². The van der Waals surface area contributed by atoms with E-state index in [0.29, 0.717) is 18.6 Å². The van der Waals surface area contributed by atoms with E-state index in [2.05, 4.69) is 42.1 Å². The van der Waals surface area contributed by atoms with Crippen LogP contribution in [0.25, 0.3) is 0 Å². The maximum atomic E-state index is 10.1. The molecule has 4 aliphatic heterocycles. The lowest BCUT2D eigenvalue weighted by atomic mass is 9.69. The van der Waals surface area contributed by atoms with Crippen LogP contribution >= 0.6 is 17.0 Å². The van der Waals surface area contributed by atoms with Gasteiger partial charge in [-0.15, -0.1) is 17.0 Å². The minimum Gasteiger partial charge on any atom is -0.504 e. The number of ether oxygens (including phenoxy) is 3. The minimum atomic E-state index is -0.452. The number of benzene rings is 2. The molecule has 8 nitrogen and oxygen atoms in total. The molecule has 4 heterocycles. The number of aromatic hydroxyl groups is 1. The van der Waals surface area contributed by atoms with Crippen LogP contribution in [0.3, 0.4) is 0 Å². The zero-order valence-electron chi connectivity index (χ0n) is 24.5. The van der Waals surface area contributed by atoms with Crippen molar-refractivity contribution in [2.24, 2.45) is 0 Å². The number of nitrogens with zero attached hydrogens (tertiary/aromatic N) is 2. The minimum absolute atomic E-state index is 0. The monoisotopic (exact) mass is 640 g/mol. The normalized spacial score (nSPS) is 33.6. The van der Waals surface area contributed by atoms with E-state index in [-0.39, 0.29) is 45.8 Å². The Morgan fingerprint density at radius 1 is 0.786 bits per heavy atom. The molecule has 2 aromatic rings. The third-order valence-corrected chi connectivity index (χ3v) is 10.1. The van der Waals surface area contributed by atoms with Gasteiger partial charge in [0.15, 0.2) is 23.0 Å². The summed E-state index contributed by atoms with van der Waals surface area (Å²) in [5, 5.41) is 30.0. The summed E-state index contributed by atoms with van der Waals surface area (Å²) >= 11 is 0. The zero-order valence-corrected chi connectivity index (χ0v) is 26.2. The van der Waals surface area contributed by atoms with Crippen molar-refractivity contribution in [2.75, 3.05) is 34.3 Å². The average Bonchev–Trinajstić information content (AvgIpc) is 3.36. The molecule has 9 heteroatoms. The van der Waals surface area contributed by atoms with Gasteiger partial charge < -0.3 is 39.3 Å². The Balaban J connectivity index is 0.000000147. The number of rotatable bonds is 1. The van der Waals surface area contributed by atoms with E-state index in [9.17, 15) is 15.3 Å². The Morgan fingerprint density at radius 3 is 1.83 bits per heavy atom. The summed E-state index contributed by atoms with van der Waals surface area (Å²) in [7, 11) is 5.96. The number of halogens is 1. The van der Waals surface area contributed by atoms with E-state index >= 15 is 0 Å². The van der Waals surface area contributed by atoms with Crippen molar-refractivity contribution < 1.29 is 29.5 Å². The van der Waals surface area contributed by atoms with Gasteiger partial charge in [0.05, 0.1) is 30.1 Å². The van der Waals surface area contributed by atoms with Crippen molar-refractivity contribution in [1.82, 2.24) is 9.80 Å². The van der Waals surface area contributed by atoms with E-state index in [1.54, 1.807) is 13.2 Å². The Hall–Kier alpha value is -2.56. The van der Waals surface area contributed by atoms with Gasteiger partial charge in [-0.1, -0.05) is 36.4 Å². The molecule has 8 rings (SSSR count). The fraction of sp³-hybridized carbons (Fsp3) is 0.515. The number of aliphatic hydroxyl groups is 2. The molecule has 3 N–H and O–H groups in total. The van der Waals surface area contributed by atoms with Gasteiger partial charge in [-0.25, -0.2) is 0 Å². The smallest absolute Gasteiger partial charge is 0.166 e. The van der Waals surface area contributed by atoms with Gasteiger partial charge in [0.25, 0.3) is 0 Å². The number of hydrogen-bond acceptors (Lipinski definition) is 8. The molecule has 0 amide bonds. The highest BCUT2D eigenvalue weighted by atomic mass is 79.9. The number of hydrogen-bond donors (Lipinski definition) is 3. The predicted octanol–water partition coefficient (Wildman–Crippen LogP) is 3.98. The van der Waals surface area contributed by atoms with E-state index in [4.69, 9.17) is 14.2 Å². The molecule has 6 atom stereocenters. The Bertz CT molecular complexity index is 1430. The van der Waals surface area contributed by atoms with Crippen molar-refractivity contribution in [3.8, 4) is 23.0 Å². The molecule has 42 heavy (non-hydrogen) atoms. The molecule has 0 aromatic heterocycles. The lowest BCUT2D eigenvalue weighted by Gasteiger charge is -2.35. The SMILES string of the molecule is Br.CN1CC[C@@]23C=C[C@H](O)C[C@@H]2Oc2c(O)ccc(c23)C1.COc1ccc2c3c1O[C@H]1C[C@@H](O)C=C[C@@]31CCN(C)C2. The van der Waals surface area contributed by atoms with Crippen molar-refractivity contribution in [3.63, 3.8) is 0 Å². The Kier molecular flexibility index (Phi) is 7.63. The fourth-order valence-corrected chi connectivity index (χ4v) is 8.00. The third-order valence-electron chi connectivity index (χ3n) is 10.1. The second-order valence-corrected chi connectivity index (χ2v) is 12.7. The maximum absolute atomic E-state index is 10.1. The van der Waals surface area contributed by atoms with Gasteiger partial charge in [0.2, 0.25) is 0 Å².